The second-order valence-corrected chi connectivity index (χ2v) is 5.33. The van der Waals surface area contributed by atoms with Crippen molar-refractivity contribution in [2.24, 2.45) is 0 Å². The maximum atomic E-state index is 11.9. The standard InChI is InChI=1S/C18H22N2O3.ClH/c1-13(23-17-9-7-16(22-2)8-10-17)12-20-18(21)11-14-3-5-15(19)6-4-14;/h3-10,13H,11-12,19H2,1-2H3,(H,20,21);1H. The Balaban J connectivity index is 0.00000288. The maximum Gasteiger partial charge on any atom is 0.224 e. The van der Waals surface area contributed by atoms with Crippen LogP contribution in [0.5, 0.6) is 11.5 Å². The molecule has 2 rings (SSSR count). The molecular formula is C18H23ClN2O3. The van der Waals surface area contributed by atoms with E-state index in [1.54, 1.807) is 19.2 Å². The highest BCUT2D eigenvalue weighted by molar-refractivity contribution is 5.85. The number of amides is 1. The van der Waals surface area contributed by atoms with Crippen molar-refractivity contribution in [2.75, 3.05) is 19.4 Å². The molecule has 3 N–H and O–H groups in total. The van der Waals surface area contributed by atoms with E-state index in [1.807, 2.05) is 43.3 Å². The zero-order valence-electron chi connectivity index (χ0n) is 13.8. The van der Waals surface area contributed by atoms with Gasteiger partial charge in [0.05, 0.1) is 20.1 Å². The molecule has 0 aromatic heterocycles. The van der Waals surface area contributed by atoms with Gasteiger partial charge < -0.3 is 20.5 Å². The number of rotatable bonds is 7. The second-order valence-electron chi connectivity index (χ2n) is 5.33. The van der Waals surface area contributed by atoms with Gasteiger partial charge >= 0.3 is 0 Å². The summed E-state index contributed by atoms with van der Waals surface area (Å²) in [6, 6.07) is 14.6. The molecule has 0 heterocycles. The Morgan fingerprint density at radius 2 is 1.67 bits per heavy atom. The SMILES string of the molecule is COc1ccc(OC(C)CNC(=O)Cc2ccc(N)cc2)cc1.Cl. The lowest BCUT2D eigenvalue weighted by molar-refractivity contribution is -0.120. The monoisotopic (exact) mass is 350 g/mol. The van der Waals surface area contributed by atoms with Crippen molar-refractivity contribution in [3.8, 4) is 11.5 Å². The minimum atomic E-state index is -0.126. The average Bonchev–Trinajstić information content (AvgIpc) is 2.56. The number of hydrogen-bond donors (Lipinski definition) is 2. The fourth-order valence-electron chi connectivity index (χ4n) is 2.07. The summed E-state index contributed by atoms with van der Waals surface area (Å²) in [5, 5.41) is 2.87. The number of halogens is 1. The number of carbonyl (C=O) groups excluding carboxylic acids is 1. The molecule has 2 aromatic carbocycles. The number of nitrogen functional groups attached to an aromatic ring is 1. The summed E-state index contributed by atoms with van der Waals surface area (Å²) < 4.78 is 10.8. The van der Waals surface area contributed by atoms with Gasteiger partial charge in [-0.1, -0.05) is 12.1 Å². The molecule has 1 atom stereocenters. The summed E-state index contributed by atoms with van der Waals surface area (Å²) in [5.74, 6) is 1.48. The molecule has 0 fully saturated rings. The first-order valence-corrected chi connectivity index (χ1v) is 7.48. The van der Waals surface area contributed by atoms with Gasteiger partial charge in [-0.15, -0.1) is 12.4 Å². The predicted octanol–water partition coefficient (Wildman–Crippen LogP) is 2.83. The number of nitrogens with one attached hydrogen (secondary N) is 1. The molecule has 6 heteroatoms. The van der Waals surface area contributed by atoms with Crippen LogP contribution in [0, 0.1) is 0 Å². The van der Waals surface area contributed by atoms with Gasteiger partial charge in [-0.2, -0.15) is 0 Å². The molecule has 0 aliphatic carbocycles. The van der Waals surface area contributed by atoms with Crippen molar-refractivity contribution in [1.29, 1.82) is 0 Å². The van der Waals surface area contributed by atoms with E-state index in [2.05, 4.69) is 5.32 Å². The topological polar surface area (TPSA) is 73.6 Å². The van der Waals surface area contributed by atoms with Crippen LogP contribution in [-0.4, -0.2) is 25.7 Å². The van der Waals surface area contributed by atoms with E-state index < -0.39 is 0 Å². The predicted molar refractivity (Wildman–Crippen MR) is 97.9 cm³/mol. The highest BCUT2D eigenvalue weighted by atomic mass is 35.5. The summed E-state index contributed by atoms with van der Waals surface area (Å²) in [6.07, 6.45) is 0.203. The molecular weight excluding hydrogens is 328 g/mol. The Labute approximate surface area is 148 Å². The summed E-state index contributed by atoms with van der Waals surface area (Å²) in [5.41, 5.74) is 7.24. The number of methoxy groups -OCH3 is 1. The summed E-state index contributed by atoms with van der Waals surface area (Å²) in [6.45, 7) is 2.35. The lowest BCUT2D eigenvalue weighted by Crippen LogP contribution is -2.34. The van der Waals surface area contributed by atoms with Crippen molar-refractivity contribution in [3.05, 3.63) is 54.1 Å². The molecule has 0 saturated heterocycles. The third-order valence-corrected chi connectivity index (χ3v) is 3.33. The number of hydrogen-bond acceptors (Lipinski definition) is 4. The van der Waals surface area contributed by atoms with Crippen LogP contribution in [0.4, 0.5) is 5.69 Å². The fourth-order valence-corrected chi connectivity index (χ4v) is 2.07. The first-order valence-electron chi connectivity index (χ1n) is 7.48. The number of benzene rings is 2. The van der Waals surface area contributed by atoms with Crippen LogP contribution in [-0.2, 0) is 11.2 Å². The average molecular weight is 351 g/mol. The smallest absolute Gasteiger partial charge is 0.224 e. The Hall–Kier alpha value is -2.40. The van der Waals surface area contributed by atoms with Gasteiger partial charge in [-0.25, -0.2) is 0 Å². The van der Waals surface area contributed by atoms with Crippen LogP contribution < -0.4 is 20.5 Å². The molecule has 24 heavy (non-hydrogen) atoms. The van der Waals surface area contributed by atoms with Gasteiger partial charge in [-0.3, -0.25) is 4.79 Å². The van der Waals surface area contributed by atoms with Crippen LogP contribution in [0.15, 0.2) is 48.5 Å². The van der Waals surface area contributed by atoms with Crippen LogP contribution in [0.3, 0.4) is 0 Å². The van der Waals surface area contributed by atoms with E-state index >= 15 is 0 Å². The van der Waals surface area contributed by atoms with Crippen molar-refractivity contribution >= 4 is 24.0 Å². The van der Waals surface area contributed by atoms with Crippen LogP contribution in [0.25, 0.3) is 0 Å². The van der Waals surface area contributed by atoms with Crippen molar-refractivity contribution in [3.63, 3.8) is 0 Å². The maximum absolute atomic E-state index is 11.9. The first-order chi connectivity index (χ1) is 11.1. The van der Waals surface area contributed by atoms with Gasteiger partial charge in [0.1, 0.15) is 17.6 Å². The van der Waals surface area contributed by atoms with Crippen molar-refractivity contribution < 1.29 is 14.3 Å². The largest absolute Gasteiger partial charge is 0.497 e. The van der Waals surface area contributed by atoms with Gasteiger partial charge in [0.25, 0.3) is 0 Å². The summed E-state index contributed by atoms with van der Waals surface area (Å²) in [7, 11) is 1.62. The van der Waals surface area contributed by atoms with Gasteiger partial charge in [0.2, 0.25) is 5.91 Å². The van der Waals surface area contributed by atoms with E-state index in [1.165, 1.54) is 0 Å². The highest BCUT2D eigenvalue weighted by Gasteiger charge is 2.08. The summed E-state index contributed by atoms with van der Waals surface area (Å²) in [4.78, 5) is 11.9. The van der Waals surface area contributed by atoms with Crippen molar-refractivity contribution in [2.45, 2.75) is 19.4 Å². The molecule has 1 amide bonds. The Bertz CT molecular complexity index is 630. The lowest BCUT2D eigenvalue weighted by atomic mass is 10.1. The lowest BCUT2D eigenvalue weighted by Gasteiger charge is -2.15. The fraction of sp³-hybridized carbons (Fsp3) is 0.278. The second kappa shape index (κ2) is 9.67. The minimum Gasteiger partial charge on any atom is -0.497 e. The third kappa shape index (κ3) is 6.38. The molecule has 0 aliphatic rings. The quantitative estimate of drug-likeness (QED) is 0.753. The number of ether oxygens (including phenoxy) is 2. The molecule has 0 aliphatic heterocycles. The minimum absolute atomic E-state index is 0. The Morgan fingerprint density at radius 3 is 2.25 bits per heavy atom. The van der Waals surface area contributed by atoms with E-state index in [0.717, 1.165) is 17.1 Å². The number of carbonyl (C=O) groups is 1. The highest BCUT2D eigenvalue weighted by Crippen LogP contribution is 2.18. The van der Waals surface area contributed by atoms with E-state index in [4.69, 9.17) is 15.2 Å². The molecule has 0 radical (unpaired) electrons. The zero-order chi connectivity index (χ0) is 16.7. The van der Waals surface area contributed by atoms with E-state index in [0.29, 0.717) is 18.7 Å². The molecule has 2 aromatic rings. The zero-order valence-corrected chi connectivity index (χ0v) is 14.6. The number of anilines is 1. The normalized spacial score (nSPS) is 11.1. The Kier molecular flexibility index (Phi) is 7.92. The van der Waals surface area contributed by atoms with Crippen LogP contribution >= 0.6 is 12.4 Å². The Morgan fingerprint density at radius 1 is 1.08 bits per heavy atom. The van der Waals surface area contributed by atoms with Crippen LogP contribution in [0.1, 0.15) is 12.5 Å². The van der Waals surface area contributed by atoms with Crippen molar-refractivity contribution in [1.82, 2.24) is 5.32 Å². The number of nitrogens with two attached hydrogens (primary N) is 1. The van der Waals surface area contributed by atoms with E-state index in [-0.39, 0.29) is 24.4 Å². The first kappa shape index (κ1) is 19.6. The molecule has 0 spiro atoms. The summed E-state index contributed by atoms with van der Waals surface area (Å²) >= 11 is 0. The van der Waals surface area contributed by atoms with Gasteiger partial charge in [0, 0.05) is 5.69 Å². The van der Waals surface area contributed by atoms with E-state index in [9.17, 15) is 4.79 Å². The third-order valence-electron chi connectivity index (χ3n) is 3.33. The van der Waals surface area contributed by atoms with Gasteiger partial charge in [-0.05, 0) is 48.9 Å². The molecule has 1 unspecified atom stereocenters. The molecule has 0 saturated carbocycles. The molecule has 5 nitrogen and oxygen atoms in total. The van der Waals surface area contributed by atoms with Gasteiger partial charge in [0.15, 0.2) is 0 Å². The molecule has 0 bridgehead atoms. The molecule has 130 valence electrons. The van der Waals surface area contributed by atoms with Crippen LogP contribution in [0.2, 0.25) is 0 Å².